The third-order valence-electron chi connectivity index (χ3n) is 3.80. The number of benzene rings is 2. The number of hydrogen-bond donors (Lipinski definition) is 0. The number of aryl methyl sites for hydroxylation is 3. The molecule has 1 aliphatic rings. The molecule has 1 aliphatic heterocycles. The number of fused-ring (bicyclic) bond motifs is 2. The van der Waals surface area contributed by atoms with Gasteiger partial charge in [-0.3, -0.25) is 0 Å². The van der Waals surface area contributed by atoms with Crippen molar-refractivity contribution in [2.45, 2.75) is 27.2 Å². The Hall–Kier alpha value is -0.190. The fraction of sp³-hybridized carbons (Fsp3) is 0.267. The second-order valence-corrected chi connectivity index (χ2v) is 7.51. The summed E-state index contributed by atoms with van der Waals surface area (Å²) >= 11 is 11.1. The van der Waals surface area contributed by atoms with Gasteiger partial charge >= 0.3 is 0 Å². The number of halogens is 3. The summed E-state index contributed by atoms with van der Waals surface area (Å²) in [6.45, 7) is 6.51. The van der Waals surface area contributed by atoms with E-state index in [2.05, 4.69) is 79.6 Å². The van der Waals surface area contributed by atoms with Gasteiger partial charge in [-0.1, -0.05) is 6.07 Å². The minimum Gasteiger partial charge on any atom is -0.244 e. The van der Waals surface area contributed by atoms with Crippen LogP contribution in [0.15, 0.2) is 20.0 Å². The summed E-state index contributed by atoms with van der Waals surface area (Å²) in [6, 6.07) is 2.25. The highest BCUT2D eigenvalue weighted by atomic mass is 79.9. The normalized spacial score (nSPS) is 13.9. The number of hydrogen-bond acceptors (Lipinski definition) is 1. The highest BCUT2D eigenvalue weighted by molar-refractivity contribution is 9.18. The van der Waals surface area contributed by atoms with E-state index >= 15 is 0 Å². The van der Waals surface area contributed by atoms with Crippen molar-refractivity contribution < 1.29 is 0 Å². The Morgan fingerprint density at radius 1 is 0.947 bits per heavy atom. The van der Waals surface area contributed by atoms with E-state index < -0.39 is 0 Å². The maximum Gasteiger partial charge on any atom is 0.0882 e. The highest BCUT2D eigenvalue weighted by Gasteiger charge is 2.24. The molecular weight excluding hydrogens is 434 g/mol. The molecule has 1 nitrogen and oxygen atoms in total. The predicted octanol–water partition coefficient (Wildman–Crippen LogP) is 6.27. The molecule has 0 aromatic heterocycles. The lowest BCUT2D eigenvalue weighted by atomic mass is 9.94. The van der Waals surface area contributed by atoms with Crippen LogP contribution in [0.3, 0.4) is 0 Å². The van der Waals surface area contributed by atoms with Crippen molar-refractivity contribution in [2.24, 2.45) is 4.99 Å². The molecule has 0 amide bonds. The highest BCUT2D eigenvalue weighted by Crippen LogP contribution is 2.48. The van der Waals surface area contributed by atoms with Crippen LogP contribution < -0.4 is 0 Å². The topological polar surface area (TPSA) is 12.4 Å². The van der Waals surface area contributed by atoms with E-state index in [1.807, 2.05) is 0 Å². The molecule has 0 fully saturated rings. The molecule has 0 unspecified atom stereocenters. The summed E-state index contributed by atoms with van der Waals surface area (Å²) < 4.78 is 3.28. The Balaban J connectivity index is 2.57. The van der Waals surface area contributed by atoms with E-state index in [0.717, 1.165) is 21.2 Å². The standard InChI is InChI=1S/C15H12Br3N/c1-6-4-7(2)11-12(8(6)3)13(17)9-5-10(16)19-15(9)14(11)18/h4H,5H2,1-3H3. The Bertz CT molecular complexity index is 760. The summed E-state index contributed by atoms with van der Waals surface area (Å²) in [6.07, 6.45) is 0.858. The first-order valence-electron chi connectivity index (χ1n) is 6.05. The van der Waals surface area contributed by atoms with E-state index in [4.69, 9.17) is 0 Å². The summed E-state index contributed by atoms with van der Waals surface area (Å²) in [5.74, 6) is 0. The Morgan fingerprint density at radius 3 is 2.32 bits per heavy atom. The first-order valence-corrected chi connectivity index (χ1v) is 8.43. The lowest BCUT2D eigenvalue weighted by Crippen LogP contribution is -1.94. The summed E-state index contributed by atoms with van der Waals surface area (Å²) in [5, 5.41) is 2.57. The lowest BCUT2D eigenvalue weighted by Gasteiger charge is -2.16. The molecule has 1 heterocycles. The van der Waals surface area contributed by atoms with Crippen LogP contribution in [0, 0.1) is 20.8 Å². The van der Waals surface area contributed by atoms with E-state index in [1.54, 1.807) is 0 Å². The van der Waals surface area contributed by atoms with Crippen LogP contribution in [0.1, 0.15) is 22.3 Å². The van der Waals surface area contributed by atoms with Gasteiger partial charge in [0.15, 0.2) is 0 Å². The SMILES string of the molecule is Cc1cc(C)c2c(Br)c3c(c(Br)c2c1C)CC(Br)=N3. The van der Waals surface area contributed by atoms with Crippen molar-refractivity contribution in [3.8, 4) is 0 Å². The molecule has 19 heavy (non-hydrogen) atoms. The molecule has 98 valence electrons. The summed E-state index contributed by atoms with van der Waals surface area (Å²) in [7, 11) is 0. The zero-order valence-electron chi connectivity index (χ0n) is 10.9. The van der Waals surface area contributed by atoms with Crippen molar-refractivity contribution in [3.05, 3.63) is 37.3 Å². The van der Waals surface area contributed by atoms with Crippen molar-refractivity contribution in [1.29, 1.82) is 0 Å². The van der Waals surface area contributed by atoms with Gasteiger partial charge in [-0.15, -0.1) is 0 Å². The van der Waals surface area contributed by atoms with Crippen molar-refractivity contribution in [1.82, 2.24) is 0 Å². The molecule has 0 saturated heterocycles. The first kappa shape index (κ1) is 13.8. The van der Waals surface area contributed by atoms with Gasteiger partial charge in [0.05, 0.1) is 14.8 Å². The molecule has 0 aliphatic carbocycles. The van der Waals surface area contributed by atoms with Crippen LogP contribution in [0.5, 0.6) is 0 Å². The van der Waals surface area contributed by atoms with Gasteiger partial charge < -0.3 is 0 Å². The largest absolute Gasteiger partial charge is 0.244 e. The molecule has 2 aromatic rings. The van der Waals surface area contributed by atoms with Gasteiger partial charge in [0.2, 0.25) is 0 Å². The second-order valence-electron chi connectivity index (χ2n) is 5.01. The maximum absolute atomic E-state index is 4.61. The minimum atomic E-state index is 0.858. The molecular formula is C15H12Br3N. The van der Waals surface area contributed by atoms with Crippen LogP contribution >= 0.6 is 47.8 Å². The third kappa shape index (κ3) is 1.95. The van der Waals surface area contributed by atoms with Gasteiger partial charge in [0, 0.05) is 27.2 Å². The van der Waals surface area contributed by atoms with Gasteiger partial charge in [0.1, 0.15) is 0 Å². The van der Waals surface area contributed by atoms with Crippen LogP contribution in [0.25, 0.3) is 10.8 Å². The van der Waals surface area contributed by atoms with Crippen LogP contribution in [-0.4, -0.2) is 4.62 Å². The Labute approximate surface area is 137 Å². The van der Waals surface area contributed by atoms with Gasteiger partial charge in [-0.05, 0) is 85.3 Å². The van der Waals surface area contributed by atoms with Crippen molar-refractivity contribution >= 4 is 68.9 Å². The quantitative estimate of drug-likeness (QED) is 0.453. The number of aliphatic imine (C=N–C) groups is 1. The smallest absolute Gasteiger partial charge is 0.0882 e. The van der Waals surface area contributed by atoms with Gasteiger partial charge in [0.25, 0.3) is 0 Å². The third-order valence-corrected chi connectivity index (χ3v) is 5.90. The average Bonchev–Trinajstić information content (AvgIpc) is 2.73. The van der Waals surface area contributed by atoms with E-state index in [9.17, 15) is 0 Å². The predicted molar refractivity (Wildman–Crippen MR) is 93.3 cm³/mol. The number of nitrogens with zero attached hydrogens (tertiary/aromatic N) is 1. The van der Waals surface area contributed by atoms with Gasteiger partial charge in [-0.25, -0.2) is 4.99 Å². The Kier molecular flexibility index (Phi) is 3.39. The fourth-order valence-electron chi connectivity index (χ4n) is 2.73. The molecule has 0 radical (unpaired) electrons. The van der Waals surface area contributed by atoms with E-state index in [0.29, 0.717) is 0 Å². The fourth-order valence-corrected chi connectivity index (χ4v) is 4.85. The van der Waals surface area contributed by atoms with Crippen LogP contribution in [0.2, 0.25) is 0 Å². The average molecular weight is 446 g/mol. The lowest BCUT2D eigenvalue weighted by molar-refractivity contribution is 1.31. The summed E-state index contributed by atoms with van der Waals surface area (Å²) in [4.78, 5) is 4.61. The molecule has 0 spiro atoms. The van der Waals surface area contributed by atoms with Gasteiger partial charge in [-0.2, -0.15) is 0 Å². The maximum atomic E-state index is 4.61. The van der Waals surface area contributed by atoms with Crippen molar-refractivity contribution in [3.63, 3.8) is 0 Å². The Morgan fingerprint density at radius 2 is 1.63 bits per heavy atom. The molecule has 4 heteroatoms. The summed E-state index contributed by atoms with van der Waals surface area (Å²) in [5.41, 5.74) is 6.26. The molecule has 2 aromatic carbocycles. The molecule has 3 rings (SSSR count). The first-order chi connectivity index (χ1) is 8.91. The van der Waals surface area contributed by atoms with Crippen LogP contribution in [0.4, 0.5) is 5.69 Å². The zero-order chi connectivity index (χ0) is 13.9. The monoisotopic (exact) mass is 443 g/mol. The molecule has 0 saturated carbocycles. The van der Waals surface area contributed by atoms with Crippen molar-refractivity contribution in [2.75, 3.05) is 0 Å². The van der Waals surface area contributed by atoms with E-state index in [-0.39, 0.29) is 0 Å². The second kappa shape index (κ2) is 4.68. The zero-order valence-corrected chi connectivity index (χ0v) is 15.6. The molecule has 0 bridgehead atoms. The van der Waals surface area contributed by atoms with Crippen LogP contribution in [-0.2, 0) is 6.42 Å². The molecule has 0 N–H and O–H groups in total. The van der Waals surface area contributed by atoms with E-state index in [1.165, 1.54) is 37.5 Å². The number of rotatable bonds is 0. The molecule has 0 atom stereocenters. The minimum absolute atomic E-state index is 0.858.